The van der Waals surface area contributed by atoms with Crippen LogP contribution in [0.4, 0.5) is 0 Å². The molecule has 0 saturated heterocycles. The predicted octanol–water partition coefficient (Wildman–Crippen LogP) is 3.76. The van der Waals surface area contributed by atoms with Crippen molar-refractivity contribution in [3.63, 3.8) is 0 Å². The summed E-state index contributed by atoms with van der Waals surface area (Å²) in [6, 6.07) is 5.63. The topological polar surface area (TPSA) is 44.8 Å². The summed E-state index contributed by atoms with van der Waals surface area (Å²) in [6.45, 7) is 5.20. The van der Waals surface area contributed by atoms with Gasteiger partial charge in [0.15, 0.2) is 0 Å². The lowest BCUT2D eigenvalue weighted by Crippen LogP contribution is -2.21. The zero-order valence-electron chi connectivity index (χ0n) is 13.8. The van der Waals surface area contributed by atoms with Gasteiger partial charge in [-0.25, -0.2) is 0 Å². The van der Waals surface area contributed by atoms with Crippen LogP contribution >= 0.6 is 0 Å². The van der Waals surface area contributed by atoms with E-state index in [1.807, 2.05) is 18.2 Å². The standard InChI is InChI=1S/C18H26O4/c1-4-21-17(19)11-14-7-8-15(12-16(14)20-3)22-13-18(2)9-5-6-10-18/h7-8,12H,4-6,9-11,13H2,1-3H3. The summed E-state index contributed by atoms with van der Waals surface area (Å²) in [5, 5.41) is 0. The highest BCUT2D eigenvalue weighted by Crippen LogP contribution is 2.38. The molecule has 0 bridgehead atoms. The van der Waals surface area contributed by atoms with E-state index in [4.69, 9.17) is 14.2 Å². The van der Waals surface area contributed by atoms with Crippen LogP contribution in [0.5, 0.6) is 11.5 Å². The van der Waals surface area contributed by atoms with E-state index in [1.165, 1.54) is 25.7 Å². The van der Waals surface area contributed by atoms with E-state index in [-0.39, 0.29) is 17.8 Å². The van der Waals surface area contributed by atoms with Crippen LogP contribution in [-0.4, -0.2) is 26.3 Å². The van der Waals surface area contributed by atoms with E-state index in [0.717, 1.165) is 17.9 Å². The molecule has 1 aliphatic rings. The smallest absolute Gasteiger partial charge is 0.310 e. The summed E-state index contributed by atoms with van der Waals surface area (Å²) < 4.78 is 16.3. The minimum Gasteiger partial charge on any atom is -0.496 e. The first-order chi connectivity index (χ1) is 10.6. The highest BCUT2D eigenvalue weighted by atomic mass is 16.5. The van der Waals surface area contributed by atoms with Crippen molar-refractivity contribution in [1.82, 2.24) is 0 Å². The Bertz CT molecular complexity index is 504. The summed E-state index contributed by atoms with van der Waals surface area (Å²) in [4.78, 5) is 11.6. The summed E-state index contributed by atoms with van der Waals surface area (Å²) in [6.07, 6.45) is 5.26. The first-order valence-electron chi connectivity index (χ1n) is 8.02. The van der Waals surface area contributed by atoms with Crippen molar-refractivity contribution in [1.29, 1.82) is 0 Å². The second kappa shape index (κ2) is 7.52. The number of ether oxygens (including phenoxy) is 3. The van der Waals surface area contributed by atoms with Crippen LogP contribution in [0.15, 0.2) is 18.2 Å². The highest BCUT2D eigenvalue weighted by molar-refractivity contribution is 5.73. The quantitative estimate of drug-likeness (QED) is 0.720. The van der Waals surface area contributed by atoms with Crippen molar-refractivity contribution in [2.24, 2.45) is 5.41 Å². The van der Waals surface area contributed by atoms with Crippen LogP contribution in [0.2, 0.25) is 0 Å². The first kappa shape index (κ1) is 16.7. The second-order valence-electron chi connectivity index (χ2n) is 6.26. The van der Waals surface area contributed by atoms with Gasteiger partial charge in [0.1, 0.15) is 11.5 Å². The summed E-state index contributed by atoms with van der Waals surface area (Å²) in [5.74, 6) is 1.22. The van der Waals surface area contributed by atoms with E-state index in [9.17, 15) is 4.79 Å². The number of benzene rings is 1. The number of carbonyl (C=O) groups excluding carboxylic acids is 1. The Morgan fingerprint density at radius 3 is 2.64 bits per heavy atom. The molecule has 1 saturated carbocycles. The van der Waals surface area contributed by atoms with E-state index in [1.54, 1.807) is 14.0 Å². The molecule has 1 aromatic rings. The van der Waals surface area contributed by atoms with Gasteiger partial charge in [-0.3, -0.25) is 4.79 Å². The number of hydrogen-bond acceptors (Lipinski definition) is 4. The molecule has 122 valence electrons. The SMILES string of the molecule is CCOC(=O)Cc1ccc(OCC2(C)CCCC2)cc1OC. The van der Waals surface area contributed by atoms with Crippen molar-refractivity contribution < 1.29 is 19.0 Å². The molecule has 0 spiro atoms. The normalized spacial score (nSPS) is 16.3. The zero-order chi connectivity index (χ0) is 16.0. The van der Waals surface area contributed by atoms with Crippen molar-refractivity contribution in [3.8, 4) is 11.5 Å². The molecular formula is C18H26O4. The van der Waals surface area contributed by atoms with Gasteiger partial charge < -0.3 is 14.2 Å². The molecule has 0 N–H and O–H groups in total. The lowest BCUT2D eigenvalue weighted by atomic mass is 9.90. The number of hydrogen-bond donors (Lipinski definition) is 0. The number of carbonyl (C=O) groups is 1. The molecule has 1 aromatic carbocycles. The van der Waals surface area contributed by atoms with Gasteiger partial charge in [0.05, 0.1) is 26.7 Å². The highest BCUT2D eigenvalue weighted by Gasteiger charge is 2.29. The predicted molar refractivity (Wildman–Crippen MR) is 85.4 cm³/mol. The fraction of sp³-hybridized carbons (Fsp3) is 0.611. The number of methoxy groups -OCH3 is 1. The van der Waals surface area contributed by atoms with Crippen LogP contribution < -0.4 is 9.47 Å². The van der Waals surface area contributed by atoms with Gasteiger partial charge in [0, 0.05) is 17.0 Å². The molecule has 4 nitrogen and oxygen atoms in total. The maximum Gasteiger partial charge on any atom is 0.310 e. The molecule has 2 rings (SSSR count). The zero-order valence-corrected chi connectivity index (χ0v) is 13.8. The Morgan fingerprint density at radius 2 is 2.00 bits per heavy atom. The average molecular weight is 306 g/mol. The second-order valence-corrected chi connectivity index (χ2v) is 6.26. The van der Waals surface area contributed by atoms with E-state index < -0.39 is 0 Å². The van der Waals surface area contributed by atoms with Crippen molar-refractivity contribution in [2.45, 2.75) is 46.0 Å². The lowest BCUT2D eigenvalue weighted by molar-refractivity contribution is -0.142. The van der Waals surface area contributed by atoms with Crippen LogP contribution in [0.25, 0.3) is 0 Å². The summed E-state index contributed by atoms with van der Waals surface area (Å²) in [5.41, 5.74) is 1.11. The Balaban J connectivity index is 2.00. The van der Waals surface area contributed by atoms with Gasteiger partial charge in [-0.05, 0) is 25.8 Å². The van der Waals surface area contributed by atoms with Crippen LogP contribution in [0.1, 0.15) is 45.1 Å². The Kier molecular flexibility index (Phi) is 5.69. The van der Waals surface area contributed by atoms with Crippen LogP contribution in [0, 0.1) is 5.41 Å². The Hall–Kier alpha value is -1.71. The molecule has 1 aliphatic carbocycles. The molecule has 0 atom stereocenters. The minimum absolute atomic E-state index is 0.217. The third kappa shape index (κ3) is 4.39. The van der Waals surface area contributed by atoms with E-state index >= 15 is 0 Å². The maximum absolute atomic E-state index is 11.6. The molecule has 0 aromatic heterocycles. The van der Waals surface area contributed by atoms with Crippen LogP contribution in [-0.2, 0) is 16.0 Å². The van der Waals surface area contributed by atoms with Crippen molar-refractivity contribution >= 4 is 5.97 Å². The third-order valence-corrected chi connectivity index (χ3v) is 4.30. The molecule has 0 unspecified atom stereocenters. The molecule has 22 heavy (non-hydrogen) atoms. The monoisotopic (exact) mass is 306 g/mol. The summed E-state index contributed by atoms with van der Waals surface area (Å²) >= 11 is 0. The van der Waals surface area contributed by atoms with E-state index in [2.05, 4.69) is 6.92 Å². The molecule has 0 heterocycles. The fourth-order valence-corrected chi connectivity index (χ4v) is 2.96. The molecule has 0 radical (unpaired) electrons. The number of rotatable bonds is 7. The van der Waals surface area contributed by atoms with Crippen molar-refractivity contribution in [3.05, 3.63) is 23.8 Å². The minimum atomic E-state index is -0.243. The van der Waals surface area contributed by atoms with Crippen molar-refractivity contribution in [2.75, 3.05) is 20.3 Å². The lowest BCUT2D eigenvalue weighted by Gasteiger charge is -2.23. The molecule has 0 amide bonds. The first-order valence-corrected chi connectivity index (χ1v) is 8.02. The van der Waals surface area contributed by atoms with Gasteiger partial charge in [0.2, 0.25) is 0 Å². The molecule has 0 aliphatic heterocycles. The summed E-state index contributed by atoms with van der Waals surface area (Å²) in [7, 11) is 1.60. The molecule has 4 heteroatoms. The molecule has 1 fully saturated rings. The fourth-order valence-electron chi connectivity index (χ4n) is 2.96. The van der Waals surface area contributed by atoms with Gasteiger partial charge in [0.25, 0.3) is 0 Å². The van der Waals surface area contributed by atoms with Gasteiger partial charge >= 0.3 is 5.97 Å². The molecular weight excluding hydrogens is 280 g/mol. The average Bonchev–Trinajstić information content (AvgIpc) is 2.93. The third-order valence-electron chi connectivity index (χ3n) is 4.30. The van der Waals surface area contributed by atoms with E-state index in [0.29, 0.717) is 12.4 Å². The Labute approximate surface area is 132 Å². The van der Waals surface area contributed by atoms with Crippen LogP contribution in [0.3, 0.4) is 0 Å². The van der Waals surface area contributed by atoms with Gasteiger partial charge in [-0.2, -0.15) is 0 Å². The number of esters is 1. The Morgan fingerprint density at radius 1 is 1.27 bits per heavy atom. The van der Waals surface area contributed by atoms with Gasteiger partial charge in [-0.1, -0.05) is 25.8 Å². The maximum atomic E-state index is 11.6. The van der Waals surface area contributed by atoms with Gasteiger partial charge in [-0.15, -0.1) is 0 Å². The largest absolute Gasteiger partial charge is 0.496 e.